The maximum atomic E-state index is 10.7. The number of unbranched alkanes of at least 4 members (excludes halogenated alkanes) is 7. The summed E-state index contributed by atoms with van der Waals surface area (Å²) < 4.78 is 10.7. The highest BCUT2D eigenvalue weighted by Gasteiger charge is 2.10. The minimum absolute atomic E-state index is 0.0277. The Balaban J connectivity index is 2.10. The lowest BCUT2D eigenvalue weighted by Crippen LogP contribution is -1.91. The van der Waals surface area contributed by atoms with Gasteiger partial charge in [-0.3, -0.25) is 4.57 Å². The van der Waals surface area contributed by atoms with Crippen LogP contribution >= 0.6 is 7.60 Å². The van der Waals surface area contributed by atoms with Gasteiger partial charge in [0.15, 0.2) is 0 Å². The summed E-state index contributed by atoms with van der Waals surface area (Å²) in [6, 6.07) is 8.97. The molecule has 0 unspecified atom stereocenters. The summed E-state index contributed by atoms with van der Waals surface area (Å²) in [6.07, 6.45) is 12.6. The molecule has 1 aromatic rings. The fourth-order valence-electron chi connectivity index (χ4n) is 2.81. The first-order valence-electron chi connectivity index (χ1n) is 9.13. The van der Waals surface area contributed by atoms with Crippen LogP contribution in [-0.2, 0) is 17.4 Å². The Labute approximate surface area is 141 Å². The molecule has 0 aliphatic rings. The van der Waals surface area contributed by atoms with E-state index in [4.69, 9.17) is 9.79 Å². The first-order valence-corrected chi connectivity index (χ1v) is 10.9. The molecular formula is C19H33O3P. The fourth-order valence-corrected chi connectivity index (χ4v) is 3.44. The highest BCUT2D eigenvalue weighted by Crippen LogP contribution is 2.35. The van der Waals surface area contributed by atoms with Crippen LogP contribution in [0.25, 0.3) is 0 Å². The van der Waals surface area contributed by atoms with Crippen LogP contribution in [0.3, 0.4) is 0 Å². The van der Waals surface area contributed by atoms with Gasteiger partial charge in [-0.1, -0.05) is 69.7 Å². The summed E-state index contributed by atoms with van der Waals surface area (Å²) in [5.74, 6) is 0. The smallest absolute Gasteiger partial charge is 0.324 e. The second kappa shape index (κ2) is 11.8. The summed E-state index contributed by atoms with van der Waals surface area (Å²) >= 11 is 0. The predicted octanol–water partition coefficient (Wildman–Crippen LogP) is 5.48. The Morgan fingerprint density at radius 2 is 1.17 bits per heavy atom. The molecule has 23 heavy (non-hydrogen) atoms. The van der Waals surface area contributed by atoms with E-state index in [0.29, 0.717) is 6.42 Å². The summed E-state index contributed by atoms with van der Waals surface area (Å²) in [4.78, 5) is 17.6. The van der Waals surface area contributed by atoms with E-state index in [1.54, 1.807) is 0 Å². The molecule has 1 aromatic carbocycles. The Hall–Kier alpha value is -0.630. The molecule has 0 bridgehead atoms. The van der Waals surface area contributed by atoms with Crippen molar-refractivity contribution in [3.8, 4) is 0 Å². The topological polar surface area (TPSA) is 57.5 Å². The first kappa shape index (κ1) is 20.4. The molecule has 4 heteroatoms. The summed E-state index contributed by atoms with van der Waals surface area (Å²) in [7, 11) is -3.79. The zero-order valence-corrected chi connectivity index (χ0v) is 15.4. The van der Waals surface area contributed by atoms with E-state index in [0.717, 1.165) is 25.7 Å². The standard InChI is InChI=1S/C19H33O3P/c1-2-3-4-5-8-11-18-13-15-19(16-14-18)12-9-6-7-10-17-23(20,21)22/h13-16H,2-12,17H2,1H3,(H2,20,21,22). The van der Waals surface area contributed by atoms with E-state index in [-0.39, 0.29) is 6.16 Å². The van der Waals surface area contributed by atoms with Gasteiger partial charge in [0.05, 0.1) is 0 Å². The van der Waals surface area contributed by atoms with Gasteiger partial charge in [-0.05, 0) is 43.2 Å². The number of aryl methyl sites for hydroxylation is 2. The van der Waals surface area contributed by atoms with E-state index in [1.165, 1.54) is 49.7 Å². The lowest BCUT2D eigenvalue weighted by atomic mass is 10.0. The van der Waals surface area contributed by atoms with Gasteiger partial charge in [0.25, 0.3) is 0 Å². The Kier molecular flexibility index (Phi) is 10.5. The largest absolute Gasteiger partial charge is 0.325 e. The molecule has 1 rings (SSSR count). The third kappa shape index (κ3) is 11.5. The Morgan fingerprint density at radius 1 is 0.739 bits per heavy atom. The lowest BCUT2D eigenvalue weighted by Gasteiger charge is -2.06. The van der Waals surface area contributed by atoms with Crippen LogP contribution in [0.1, 0.15) is 75.8 Å². The maximum absolute atomic E-state index is 10.7. The van der Waals surface area contributed by atoms with Crippen molar-refractivity contribution in [2.24, 2.45) is 0 Å². The highest BCUT2D eigenvalue weighted by molar-refractivity contribution is 7.51. The van der Waals surface area contributed by atoms with Crippen molar-refractivity contribution in [2.45, 2.75) is 77.6 Å². The molecule has 0 aromatic heterocycles. The number of benzene rings is 1. The SMILES string of the molecule is CCCCCCCc1ccc(CCCCCCP(=O)(O)O)cc1. The molecule has 0 atom stereocenters. The molecule has 0 spiro atoms. The van der Waals surface area contributed by atoms with Crippen molar-refractivity contribution in [2.75, 3.05) is 6.16 Å². The monoisotopic (exact) mass is 340 g/mol. The van der Waals surface area contributed by atoms with E-state index < -0.39 is 7.60 Å². The maximum Gasteiger partial charge on any atom is 0.325 e. The van der Waals surface area contributed by atoms with Crippen molar-refractivity contribution < 1.29 is 14.4 Å². The minimum Gasteiger partial charge on any atom is -0.324 e. The second-order valence-corrected chi connectivity index (χ2v) is 8.31. The van der Waals surface area contributed by atoms with E-state index >= 15 is 0 Å². The number of hydrogen-bond acceptors (Lipinski definition) is 1. The van der Waals surface area contributed by atoms with Gasteiger partial charge in [-0.25, -0.2) is 0 Å². The number of rotatable bonds is 13. The number of hydrogen-bond donors (Lipinski definition) is 2. The second-order valence-electron chi connectivity index (χ2n) is 6.53. The average molecular weight is 340 g/mol. The fraction of sp³-hybridized carbons (Fsp3) is 0.684. The van der Waals surface area contributed by atoms with Gasteiger partial charge in [0.2, 0.25) is 0 Å². The molecule has 0 heterocycles. The normalized spacial score (nSPS) is 11.8. The Bertz CT molecular complexity index is 450. The van der Waals surface area contributed by atoms with Crippen LogP contribution < -0.4 is 0 Å². The van der Waals surface area contributed by atoms with Crippen LogP contribution in [0.4, 0.5) is 0 Å². The molecule has 3 nitrogen and oxygen atoms in total. The Morgan fingerprint density at radius 3 is 1.61 bits per heavy atom. The van der Waals surface area contributed by atoms with Crippen LogP contribution in [0.15, 0.2) is 24.3 Å². The molecule has 0 aliphatic heterocycles. The first-order chi connectivity index (χ1) is 11.0. The van der Waals surface area contributed by atoms with Crippen molar-refractivity contribution >= 4 is 7.60 Å². The van der Waals surface area contributed by atoms with E-state index in [1.807, 2.05) is 0 Å². The van der Waals surface area contributed by atoms with Crippen LogP contribution in [0.5, 0.6) is 0 Å². The quantitative estimate of drug-likeness (QED) is 0.369. The van der Waals surface area contributed by atoms with Gasteiger partial charge in [0, 0.05) is 6.16 Å². The van der Waals surface area contributed by atoms with Crippen LogP contribution in [-0.4, -0.2) is 15.9 Å². The van der Waals surface area contributed by atoms with Crippen molar-refractivity contribution in [3.05, 3.63) is 35.4 Å². The zero-order chi connectivity index (χ0) is 17.0. The molecule has 0 amide bonds. The van der Waals surface area contributed by atoms with Crippen LogP contribution in [0, 0.1) is 0 Å². The molecule has 132 valence electrons. The van der Waals surface area contributed by atoms with E-state index in [9.17, 15) is 4.57 Å². The molecule has 0 saturated carbocycles. The van der Waals surface area contributed by atoms with Crippen molar-refractivity contribution in [1.82, 2.24) is 0 Å². The predicted molar refractivity (Wildman–Crippen MR) is 98.0 cm³/mol. The summed E-state index contributed by atoms with van der Waals surface area (Å²) in [5.41, 5.74) is 2.81. The van der Waals surface area contributed by atoms with Gasteiger partial charge in [-0.15, -0.1) is 0 Å². The third-order valence-corrected chi connectivity index (χ3v) is 5.16. The molecule has 2 N–H and O–H groups in total. The van der Waals surface area contributed by atoms with Gasteiger partial charge in [0.1, 0.15) is 0 Å². The zero-order valence-electron chi connectivity index (χ0n) is 14.5. The van der Waals surface area contributed by atoms with Crippen molar-refractivity contribution in [3.63, 3.8) is 0 Å². The third-order valence-electron chi connectivity index (χ3n) is 4.26. The molecule has 0 aliphatic carbocycles. The van der Waals surface area contributed by atoms with Gasteiger partial charge < -0.3 is 9.79 Å². The molecule has 0 fully saturated rings. The van der Waals surface area contributed by atoms with Crippen molar-refractivity contribution in [1.29, 1.82) is 0 Å². The summed E-state index contributed by atoms with van der Waals surface area (Å²) in [5, 5.41) is 0. The minimum atomic E-state index is -3.79. The highest BCUT2D eigenvalue weighted by atomic mass is 31.2. The van der Waals surface area contributed by atoms with E-state index in [2.05, 4.69) is 31.2 Å². The van der Waals surface area contributed by atoms with Crippen LogP contribution in [0.2, 0.25) is 0 Å². The average Bonchev–Trinajstić information content (AvgIpc) is 2.51. The molecular weight excluding hydrogens is 307 g/mol. The summed E-state index contributed by atoms with van der Waals surface area (Å²) in [6.45, 7) is 2.25. The lowest BCUT2D eigenvalue weighted by molar-refractivity contribution is 0.370. The molecule has 0 saturated heterocycles. The van der Waals surface area contributed by atoms with Gasteiger partial charge >= 0.3 is 7.60 Å². The molecule has 0 radical (unpaired) electrons. The van der Waals surface area contributed by atoms with Gasteiger partial charge in [-0.2, -0.15) is 0 Å².